The number of piperidine rings is 1. The van der Waals surface area contributed by atoms with Crippen LogP contribution in [0.15, 0.2) is 42.5 Å². The largest absolute Gasteiger partial charge is 0.497 e. The molecule has 2 aromatic carbocycles. The molecule has 1 heterocycles. The number of hydrogen-bond acceptors (Lipinski definition) is 5. The molecular weight excluding hydrogens is 404 g/mol. The predicted octanol–water partition coefficient (Wildman–Crippen LogP) is 4.61. The molecule has 2 aromatic rings. The smallest absolute Gasteiger partial charge is 0.224 e. The maximum Gasteiger partial charge on any atom is 0.224 e. The van der Waals surface area contributed by atoms with Crippen LogP contribution in [-0.4, -0.2) is 42.2 Å². The number of nitrogens with one attached hydrogen (secondary N) is 1. The number of aliphatic hydroxyl groups excluding tert-OH is 1. The fraction of sp³-hybridized carbons (Fsp3) is 0.500. The first-order valence-electron chi connectivity index (χ1n) is 11.5. The Morgan fingerprint density at radius 1 is 1.19 bits per heavy atom. The minimum absolute atomic E-state index is 0.0181. The second-order valence-electron chi connectivity index (χ2n) is 8.81. The molecule has 0 aliphatic carbocycles. The Kier molecular flexibility index (Phi) is 8.94. The van der Waals surface area contributed by atoms with E-state index in [2.05, 4.69) is 16.3 Å². The molecule has 32 heavy (non-hydrogen) atoms. The summed E-state index contributed by atoms with van der Waals surface area (Å²) in [5, 5.41) is 12.7. The van der Waals surface area contributed by atoms with Gasteiger partial charge in [-0.1, -0.05) is 12.1 Å². The van der Waals surface area contributed by atoms with Crippen molar-refractivity contribution in [2.24, 2.45) is 5.92 Å². The van der Waals surface area contributed by atoms with Crippen molar-refractivity contribution in [3.05, 3.63) is 53.6 Å². The highest BCUT2D eigenvalue weighted by atomic mass is 16.5. The molecule has 6 nitrogen and oxygen atoms in total. The van der Waals surface area contributed by atoms with Crippen molar-refractivity contribution in [2.45, 2.75) is 58.8 Å². The number of hydrogen-bond donors (Lipinski definition) is 2. The van der Waals surface area contributed by atoms with Crippen LogP contribution in [0.5, 0.6) is 11.5 Å². The summed E-state index contributed by atoms with van der Waals surface area (Å²) in [6, 6.07) is 13.6. The van der Waals surface area contributed by atoms with Gasteiger partial charge in [-0.3, -0.25) is 9.69 Å². The van der Waals surface area contributed by atoms with Crippen molar-refractivity contribution in [3.8, 4) is 11.5 Å². The Balaban J connectivity index is 1.41. The zero-order valence-electron chi connectivity index (χ0n) is 19.5. The molecule has 1 amide bonds. The van der Waals surface area contributed by atoms with Crippen molar-refractivity contribution < 1.29 is 19.4 Å². The van der Waals surface area contributed by atoms with Crippen LogP contribution < -0.4 is 14.8 Å². The summed E-state index contributed by atoms with van der Waals surface area (Å²) in [5.74, 6) is 2.14. The molecule has 0 saturated carbocycles. The predicted molar refractivity (Wildman–Crippen MR) is 127 cm³/mol. The molecule has 1 aliphatic heterocycles. The van der Waals surface area contributed by atoms with E-state index in [1.807, 2.05) is 50.2 Å². The van der Waals surface area contributed by atoms with E-state index < -0.39 is 0 Å². The number of rotatable bonds is 10. The highest BCUT2D eigenvalue weighted by Crippen LogP contribution is 2.26. The van der Waals surface area contributed by atoms with Crippen LogP contribution in [0.1, 0.15) is 50.7 Å². The number of benzene rings is 2. The van der Waals surface area contributed by atoms with Crippen molar-refractivity contribution in [3.63, 3.8) is 0 Å². The van der Waals surface area contributed by atoms with Crippen LogP contribution in [0.3, 0.4) is 0 Å². The monoisotopic (exact) mass is 440 g/mol. The van der Waals surface area contributed by atoms with E-state index in [9.17, 15) is 9.90 Å². The van der Waals surface area contributed by atoms with Crippen LogP contribution in [0.25, 0.3) is 0 Å². The van der Waals surface area contributed by atoms with E-state index in [1.165, 1.54) is 5.56 Å². The minimum Gasteiger partial charge on any atom is -0.497 e. The Labute approximate surface area is 191 Å². The van der Waals surface area contributed by atoms with Gasteiger partial charge in [-0.15, -0.1) is 0 Å². The number of nitrogens with zero attached hydrogens (tertiary/aromatic N) is 1. The molecule has 0 unspecified atom stereocenters. The molecule has 0 atom stereocenters. The van der Waals surface area contributed by atoms with Crippen LogP contribution >= 0.6 is 0 Å². The molecule has 0 aromatic heterocycles. The molecule has 174 valence electrons. The molecule has 2 N–H and O–H groups in total. The average molecular weight is 441 g/mol. The minimum atomic E-state index is -0.0181. The van der Waals surface area contributed by atoms with Gasteiger partial charge in [-0.05, 0) is 81.9 Å². The number of carbonyl (C=O) groups is 1. The molecule has 1 fully saturated rings. The second-order valence-corrected chi connectivity index (χ2v) is 8.81. The number of anilines is 1. The lowest BCUT2D eigenvalue weighted by atomic mass is 9.91. The summed E-state index contributed by atoms with van der Waals surface area (Å²) in [7, 11) is 1.62. The molecular formula is C26H36N2O4. The van der Waals surface area contributed by atoms with E-state index in [4.69, 9.17) is 9.47 Å². The van der Waals surface area contributed by atoms with Gasteiger partial charge in [0, 0.05) is 30.3 Å². The van der Waals surface area contributed by atoms with Gasteiger partial charge in [0.25, 0.3) is 0 Å². The Hall–Kier alpha value is -2.57. The summed E-state index contributed by atoms with van der Waals surface area (Å²) in [5.41, 5.74) is 2.81. The summed E-state index contributed by atoms with van der Waals surface area (Å²) < 4.78 is 11.0. The highest BCUT2D eigenvalue weighted by Gasteiger charge is 2.20. The fourth-order valence-electron chi connectivity index (χ4n) is 4.17. The summed E-state index contributed by atoms with van der Waals surface area (Å²) in [4.78, 5) is 14.8. The topological polar surface area (TPSA) is 71.0 Å². The molecule has 1 saturated heterocycles. The quantitative estimate of drug-likeness (QED) is 0.565. The molecule has 6 heteroatoms. The van der Waals surface area contributed by atoms with Crippen molar-refractivity contribution >= 4 is 11.6 Å². The molecule has 3 rings (SSSR count). The number of likely N-dealkylation sites (tertiary alicyclic amines) is 1. The van der Waals surface area contributed by atoms with Gasteiger partial charge >= 0.3 is 0 Å². The average Bonchev–Trinajstić information content (AvgIpc) is 2.79. The number of aliphatic hydroxyl groups is 1. The van der Waals surface area contributed by atoms with Crippen LogP contribution in [0.4, 0.5) is 5.69 Å². The SMILES string of the molecule is COc1cccc(NC(=O)CCC2CCN(Cc3ccc(OC(C)C)c(CO)c3)CC2)c1. The van der Waals surface area contributed by atoms with Crippen LogP contribution in [0, 0.1) is 5.92 Å². The Bertz CT molecular complexity index is 876. The van der Waals surface area contributed by atoms with E-state index in [0.717, 1.165) is 61.6 Å². The van der Waals surface area contributed by atoms with Crippen molar-refractivity contribution in [1.29, 1.82) is 0 Å². The standard InChI is InChI=1S/C26H36N2O4/c1-19(2)32-25-9-7-21(15-22(25)18-29)17-28-13-11-20(12-14-28)8-10-26(30)27-23-5-4-6-24(16-23)31-3/h4-7,9,15-16,19-20,29H,8,10-14,17-18H2,1-3H3,(H,27,30). The lowest BCUT2D eigenvalue weighted by Crippen LogP contribution is -2.33. The molecule has 0 radical (unpaired) electrons. The second kappa shape index (κ2) is 11.9. The van der Waals surface area contributed by atoms with E-state index in [1.54, 1.807) is 7.11 Å². The number of carbonyl (C=O) groups excluding carboxylic acids is 1. The van der Waals surface area contributed by atoms with Gasteiger partial charge in [-0.2, -0.15) is 0 Å². The summed E-state index contributed by atoms with van der Waals surface area (Å²) >= 11 is 0. The fourth-order valence-corrected chi connectivity index (χ4v) is 4.17. The van der Waals surface area contributed by atoms with Crippen molar-refractivity contribution in [2.75, 3.05) is 25.5 Å². The van der Waals surface area contributed by atoms with Crippen molar-refractivity contribution in [1.82, 2.24) is 4.90 Å². The Morgan fingerprint density at radius 3 is 2.66 bits per heavy atom. The van der Waals surface area contributed by atoms with Gasteiger partial charge < -0.3 is 19.9 Å². The summed E-state index contributed by atoms with van der Waals surface area (Å²) in [6.07, 6.45) is 3.75. The first kappa shape index (κ1) is 24.1. The highest BCUT2D eigenvalue weighted by molar-refractivity contribution is 5.90. The van der Waals surface area contributed by atoms with E-state index >= 15 is 0 Å². The van der Waals surface area contributed by atoms with Gasteiger partial charge in [0.1, 0.15) is 11.5 Å². The van der Waals surface area contributed by atoms with E-state index in [0.29, 0.717) is 12.3 Å². The first-order chi connectivity index (χ1) is 15.5. The Morgan fingerprint density at radius 2 is 1.97 bits per heavy atom. The molecule has 0 spiro atoms. The lowest BCUT2D eigenvalue weighted by molar-refractivity contribution is -0.116. The maximum atomic E-state index is 12.3. The summed E-state index contributed by atoms with van der Waals surface area (Å²) in [6.45, 7) is 6.89. The number of ether oxygens (including phenoxy) is 2. The van der Waals surface area contributed by atoms with Gasteiger partial charge in [-0.25, -0.2) is 0 Å². The lowest BCUT2D eigenvalue weighted by Gasteiger charge is -2.32. The normalized spacial score (nSPS) is 15.0. The van der Waals surface area contributed by atoms with Crippen LogP contribution in [-0.2, 0) is 17.9 Å². The number of methoxy groups -OCH3 is 1. The third-order valence-corrected chi connectivity index (χ3v) is 5.90. The maximum absolute atomic E-state index is 12.3. The van der Waals surface area contributed by atoms with E-state index in [-0.39, 0.29) is 18.6 Å². The van der Waals surface area contributed by atoms with Gasteiger partial charge in [0.05, 0.1) is 19.8 Å². The van der Waals surface area contributed by atoms with Gasteiger partial charge in [0.15, 0.2) is 0 Å². The third kappa shape index (κ3) is 7.24. The number of amides is 1. The third-order valence-electron chi connectivity index (χ3n) is 5.90. The van der Waals surface area contributed by atoms with Gasteiger partial charge in [0.2, 0.25) is 5.91 Å². The van der Waals surface area contributed by atoms with Crippen LogP contribution in [0.2, 0.25) is 0 Å². The molecule has 1 aliphatic rings. The molecule has 0 bridgehead atoms. The first-order valence-corrected chi connectivity index (χ1v) is 11.5. The zero-order chi connectivity index (χ0) is 22.9. The zero-order valence-corrected chi connectivity index (χ0v) is 19.5.